The lowest BCUT2D eigenvalue weighted by Crippen LogP contribution is -2.14. The SMILES string of the molecule is CCn1nc(C)cc1-c1cn(C)c(-c2nc(C(N)=O)cc3c2cnn3C)n1.CCn1nccc1-c1cn(C)c(-c2nc(C(N)=O)cc3c2cnn3C)n1. The van der Waals surface area contributed by atoms with Crippen molar-refractivity contribution in [2.45, 2.75) is 33.9 Å². The molecule has 0 spiro atoms. The molecule has 0 aliphatic heterocycles. The Labute approximate surface area is 302 Å². The third-order valence-electron chi connectivity index (χ3n) is 8.91. The minimum Gasteiger partial charge on any atom is -0.364 e. The number of carbonyl (C=O) groups is 2. The summed E-state index contributed by atoms with van der Waals surface area (Å²) in [4.78, 5) is 41.9. The van der Waals surface area contributed by atoms with Crippen LogP contribution < -0.4 is 11.5 Å². The zero-order valence-corrected chi connectivity index (χ0v) is 30.3. The van der Waals surface area contributed by atoms with Gasteiger partial charge in [-0.25, -0.2) is 19.9 Å². The zero-order chi connectivity index (χ0) is 37.7. The van der Waals surface area contributed by atoms with Gasteiger partial charge in [-0.15, -0.1) is 0 Å². The summed E-state index contributed by atoms with van der Waals surface area (Å²) in [6.07, 6.45) is 9.03. The van der Waals surface area contributed by atoms with Crippen LogP contribution in [-0.2, 0) is 41.3 Å². The van der Waals surface area contributed by atoms with E-state index >= 15 is 0 Å². The van der Waals surface area contributed by atoms with Crippen molar-refractivity contribution in [3.63, 3.8) is 0 Å². The van der Waals surface area contributed by atoms with Gasteiger partial charge in [-0.1, -0.05) is 0 Å². The lowest BCUT2D eigenvalue weighted by molar-refractivity contribution is 0.0987. The molecule has 0 fully saturated rings. The van der Waals surface area contributed by atoms with Crippen LogP contribution in [0.25, 0.3) is 67.6 Å². The standard InChI is InChI=1S/C18H20N8O.C17H18N8O/c1-5-26-15(6-10(2)23-26)13-9-24(3)18(22-13)16-11-8-20-25(4)14(11)7-12(21-16)17(19)27;1-4-25-13(5-6-19-25)12-9-23(2)17(22-12)15-10-8-20-24(3)14(10)7-11(21-15)16(18)26/h6-9H,5H2,1-4H3,(H2,19,27);5-9H,4H2,1-3H3,(H2,18,26). The molecule has 4 N–H and O–H groups in total. The van der Waals surface area contributed by atoms with Crippen LogP contribution in [-0.4, -0.2) is 80.0 Å². The minimum atomic E-state index is -0.590. The van der Waals surface area contributed by atoms with Crippen molar-refractivity contribution in [2.75, 3.05) is 0 Å². The molecule has 0 radical (unpaired) electrons. The molecule has 0 aliphatic rings. The second-order valence-electron chi connectivity index (χ2n) is 12.5. The van der Waals surface area contributed by atoms with Crippen LogP contribution in [0.1, 0.15) is 40.5 Å². The molecule has 8 rings (SSSR count). The maximum atomic E-state index is 11.8. The quantitative estimate of drug-likeness (QED) is 0.234. The first kappa shape index (κ1) is 34.5. The van der Waals surface area contributed by atoms with E-state index in [0.29, 0.717) is 23.0 Å². The van der Waals surface area contributed by atoms with Gasteiger partial charge in [-0.3, -0.25) is 28.3 Å². The third-order valence-corrected chi connectivity index (χ3v) is 8.91. The van der Waals surface area contributed by atoms with Gasteiger partial charge in [-0.05, 0) is 45.0 Å². The molecular formula is C35H38N16O2. The fraction of sp³-hybridized carbons (Fsp3) is 0.257. The van der Waals surface area contributed by atoms with Crippen LogP contribution in [0.3, 0.4) is 0 Å². The number of hydrogen-bond donors (Lipinski definition) is 2. The van der Waals surface area contributed by atoms with Crippen LogP contribution in [0.5, 0.6) is 0 Å². The van der Waals surface area contributed by atoms with Gasteiger partial charge in [0.2, 0.25) is 0 Å². The smallest absolute Gasteiger partial charge is 0.267 e. The molecule has 2 amide bonds. The number of rotatable bonds is 8. The number of carbonyl (C=O) groups excluding carboxylic acids is 2. The number of hydrogen-bond acceptors (Lipinski definition) is 10. The summed E-state index contributed by atoms with van der Waals surface area (Å²) < 4.78 is 10.9. The molecule has 18 nitrogen and oxygen atoms in total. The Morgan fingerprint density at radius 1 is 0.660 bits per heavy atom. The molecule has 53 heavy (non-hydrogen) atoms. The monoisotopic (exact) mass is 714 g/mol. The average Bonchev–Trinajstić information content (AvgIpc) is 3.99. The van der Waals surface area contributed by atoms with E-state index in [1.54, 1.807) is 47.1 Å². The van der Waals surface area contributed by atoms with Crippen LogP contribution in [0.15, 0.2) is 55.2 Å². The van der Waals surface area contributed by atoms with E-state index in [1.165, 1.54) is 0 Å². The fourth-order valence-corrected chi connectivity index (χ4v) is 6.29. The van der Waals surface area contributed by atoms with Crippen molar-refractivity contribution in [1.29, 1.82) is 0 Å². The number of aromatic nitrogens is 14. The Morgan fingerprint density at radius 3 is 1.62 bits per heavy atom. The maximum absolute atomic E-state index is 11.8. The van der Waals surface area contributed by atoms with Gasteiger partial charge in [0, 0.05) is 70.6 Å². The summed E-state index contributed by atoms with van der Waals surface area (Å²) in [5.41, 5.74) is 18.3. The molecule has 0 unspecified atom stereocenters. The van der Waals surface area contributed by atoms with E-state index in [0.717, 1.165) is 63.4 Å². The molecule has 0 saturated heterocycles. The van der Waals surface area contributed by atoms with Crippen LogP contribution >= 0.6 is 0 Å². The maximum Gasteiger partial charge on any atom is 0.267 e. The molecule has 8 aromatic rings. The minimum absolute atomic E-state index is 0.180. The Balaban J connectivity index is 0.000000164. The van der Waals surface area contributed by atoms with Gasteiger partial charge in [-0.2, -0.15) is 20.4 Å². The van der Waals surface area contributed by atoms with E-state index in [2.05, 4.69) is 30.4 Å². The van der Waals surface area contributed by atoms with Crippen LogP contribution in [0.4, 0.5) is 0 Å². The highest BCUT2D eigenvalue weighted by molar-refractivity contribution is 6.00. The van der Waals surface area contributed by atoms with Crippen molar-refractivity contribution in [3.05, 3.63) is 72.3 Å². The summed E-state index contributed by atoms with van der Waals surface area (Å²) in [6.45, 7) is 7.51. The van der Waals surface area contributed by atoms with Gasteiger partial charge >= 0.3 is 0 Å². The molecule has 0 aromatic carbocycles. The molecule has 18 heteroatoms. The topological polar surface area (TPSA) is 219 Å². The first-order chi connectivity index (χ1) is 25.4. The summed E-state index contributed by atoms with van der Waals surface area (Å²) in [7, 11) is 7.40. The van der Waals surface area contributed by atoms with Crippen molar-refractivity contribution in [1.82, 2.24) is 68.2 Å². The second kappa shape index (κ2) is 13.3. The summed E-state index contributed by atoms with van der Waals surface area (Å²) in [5, 5.41) is 18.9. The summed E-state index contributed by atoms with van der Waals surface area (Å²) >= 11 is 0. The predicted octanol–water partition coefficient (Wildman–Crippen LogP) is 3.01. The third kappa shape index (κ3) is 6.08. The molecule has 0 aliphatic carbocycles. The van der Waals surface area contributed by atoms with Crippen molar-refractivity contribution in [2.24, 2.45) is 39.7 Å². The van der Waals surface area contributed by atoms with Gasteiger partial charge < -0.3 is 20.6 Å². The van der Waals surface area contributed by atoms with E-state index in [1.807, 2.05) is 84.9 Å². The lowest BCUT2D eigenvalue weighted by Gasteiger charge is -2.05. The van der Waals surface area contributed by atoms with Gasteiger partial charge in [0.1, 0.15) is 34.2 Å². The normalized spacial score (nSPS) is 11.4. The van der Waals surface area contributed by atoms with Crippen molar-refractivity contribution >= 4 is 33.6 Å². The fourth-order valence-electron chi connectivity index (χ4n) is 6.29. The van der Waals surface area contributed by atoms with Gasteiger partial charge in [0.05, 0.1) is 40.5 Å². The Bertz CT molecular complexity index is 2680. The first-order valence-electron chi connectivity index (χ1n) is 16.8. The lowest BCUT2D eigenvalue weighted by atomic mass is 10.2. The number of pyridine rings is 2. The molecule has 0 bridgehead atoms. The number of imidazole rings is 2. The molecule has 270 valence electrons. The van der Waals surface area contributed by atoms with Crippen LogP contribution in [0.2, 0.25) is 0 Å². The van der Waals surface area contributed by atoms with Gasteiger partial charge in [0.15, 0.2) is 11.6 Å². The van der Waals surface area contributed by atoms with E-state index in [9.17, 15) is 9.59 Å². The molecule has 8 aromatic heterocycles. The number of fused-ring (bicyclic) bond motifs is 2. The van der Waals surface area contributed by atoms with Crippen molar-refractivity contribution in [3.8, 4) is 45.8 Å². The largest absolute Gasteiger partial charge is 0.364 e. The highest BCUT2D eigenvalue weighted by Gasteiger charge is 2.21. The Kier molecular flexibility index (Phi) is 8.64. The summed E-state index contributed by atoms with van der Waals surface area (Å²) in [6, 6.07) is 7.21. The number of aryl methyl sites for hydroxylation is 7. The molecular weight excluding hydrogens is 676 g/mol. The Hall–Kier alpha value is -6.98. The average molecular weight is 715 g/mol. The zero-order valence-electron chi connectivity index (χ0n) is 30.3. The van der Waals surface area contributed by atoms with E-state index in [-0.39, 0.29) is 11.4 Å². The second-order valence-corrected chi connectivity index (χ2v) is 12.5. The number of primary amides is 2. The highest BCUT2D eigenvalue weighted by atomic mass is 16.1. The first-order valence-corrected chi connectivity index (χ1v) is 16.8. The number of nitrogens with two attached hydrogens (primary N) is 2. The Morgan fingerprint density at radius 2 is 1.15 bits per heavy atom. The predicted molar refractivity (Wildman–Crippen MR) is 197 cm³/mol. The molecule has 0 saturated carbocycles. The molecule has 8 heterocycles. The molecule has 0 atom stereocenters. The van der Waals surface area contributed by atoms with Crippen molar-refractivity contribution < 1.29 is 9.59 Å². The van der Waals surface area contributed by atoms with Crippen LogP contribution in [0, 0.1) is 6.92 Å². The number of nitrogens with zero attached hydrogens (tertiary/aromatic N) is 14. The van der Waals surface area contributed by atoms with Gasteiger partial charge in [0.25, 0.3) is 11.8 Å². The number of amides is 2. The summed E-state index contributed by atoms with van der Waals surface area (Å²) in [5.74, 6) is 0.0823. The van der Waals surface area contributed by atoms with E-state index < -0.39 is 11.8 Å². The highest BCUT2D eigenvalue weighted by Crippen LogP contribution is 2.31. The van der Waals surface area contributed by atoms with E-state index in [4.69, 9.17) is 21.4 Å².